The van der Waals surface area contributed by atoms with Crippen LogP contribution >= 0.6 is 15.6 Å². The molecule has 0 spiro atoms. The fourth-order valence-electron chi connectivity index (χ4n) is 1.24. The standard InChI is InChI=1S/C7H16O7P2/c8-5-4-6(9)2-1-3-7(15(10)11)16(12,13)14/h6-9H,1-5H2,(H2-,10,11,12,13,14)/p+1. The molecule has 7 nitrogen and oxygen atoms in total. The maximum Gasteiger partial charge on any atom is 0.521 e. The number of rotatable bonds is 8. The predicted molar refractivity (Wildman–Crippen MR) is 57.2 cm³/mol. The molecule has 0 fully saturated rings. The molecule has 0 aromatic heterocycles. The molecule has 0 saturated carbocycles. The van der Waals surface area contributed by atoms with Crippen LogP contribution in [0.4, 0.5) is 0 Å². The lowest BCUT2D eigenvalue weighted by molar-refractivity contribution is 0.122. The number of hydrogen-bond donors (Lipinski definition) is 5. The van der Waals surface area contributed by atoms with E-state index in [-0.39, 0.29) is 32.3 Å². The van der Waals surface area contributed by atoms with Gasteiger partial charge in [0.25, 0.3) is 5.40 Å². The molecule has 0 amide bonds. The second-order valence-electron chi connectivity index (χ2n) is 3.47. The first kappa shape index (κ1) is 16.1. The second kappa shape index (κ2) is 7.45. The summed E-state index contributed by atoms with van der Waals surface area (Å²) in [5, 5.41) is 16.1. The molecule has 0 radical (unpaired) electrons. The van der Waals surface area contributed by atoms with E-state index in [0.29, 0.717) is 0 Å². The van der Waals surface area contributed by atoms with Crippen molar-refractivity contribution in [1.82, 2.24) is 0 Å². The minimum absolute atomic E-state index is 0.127. The molecule has 9 heteroatoms. The number of aliphatic hydroxyl groups excluding tert-OH is 2. The highest BCUT2D eigenvalue weighted by molar-refractivity contribution is 7.65. The minimum Gasteiger partial charge on any atom is -0.396 e. The third-order valence-electron chi connectivity index (χ3n) is 2.11. The summed E-state index contributed by atoms with van der Waals surface area (Å²) in [7, 11) is -7.51. The van der Waals surface area contributed by atoms with E-state index in [2.05, 4.69) is 0 Å². The summed E-state index contributed by atoms with van der Waals surface area (Å²) in [6.07, 6.45) is -0.234. The van der Waals surface area contributed by atoms with Crippen LogP contribution in [0, 0.1) is 0 Å². The van der Waals surface area contributed by atoms with Crippen molar-refractivity contribution in [2.45, 2.75) is 37.2 Å². The molecule has 0 aromatic rings. The van der Waals surface area contributed by atoms with Crippen molar-refractivity contribution in [3.63, 3.8) is 0 Å². The SMILES string of the molecule is O=[P+](O)C(CCCC(O)CCO)P(=O)(O)O. The van der Waals surface area contributed by atoms with E-state index in [9.17, 15) is 14.2 Å². The second-order valence-corrected chi connectivity index (χ2v) is 6.91. The average molecular weight is 275 g/mol. The normalized spacial score (nSPS) is 16.9. The Morgan fingerprint density at radius 1 is 1.19 bits per heavy atom. The quantitative estimate of drug-likeness (QED) is 0.397. The number of hydrogen-bond acceptors (Lipinski definition) is 4. The van der Waals surface area contributed by atoms with E-state index in [1.165, 1.54) is 0 Å². The highest BCUT2D eigenvalue weighted by Gasteiger charge is 2.44. The molecular weight excluding hydrogens is 258 g/mol. The van der Waals surface area contributed by atoms with Crippen LogP contribution in [0.15, 0.2) is 0 Å². The van der Waals surface area contributed by atoms with E-state index in [1.54, 1.807) is 0 Å². The van der Waals surface area contributed by atoms with Gasteiger partial charge in [0.2, 0.25) is 0 Å². The van der Waals surface area contributed by atoms with Crippen molar-refractivity contribution in [2.75, 3.05) is 6.61 Å². The van der Waals surface area contributed by atoms with Gasteiger partial charge < -0.3 is 20.0 Å². The predicted octanol–water partition coefficient (Wildman–Crippen LogP) is 0.138. The molecule has 96 valence electrons. The number of aliphatic hydroxyl groups is 2. The van der Waals surface area contributed by atoms with Crippen LogP contribution < -0.4 is 0 Å². The fraction of sp³-hybridized carbons (Fsp3) is 1.00. The molecule has 0 rings (SSSR count). The molecule has 0 aromatic carbocycles. The van der Waals surface area contributed by atoms with Gasteiger partial charge in [0.1, 0.15) is 0 Å². The Morgan fingerprint density at radius 2 is 1.75 bits per heavy atom. The molecule has 0 aliphatic carbocycles. The lowest BCUT2D eigenvalue weighted by Gasteiger charge is -2.10. The van der Waals surface area contributed by atoms with Gasteiger partial charge in [-0.1, -0.05) is 0 Å². The van der Waals surface area contributed by atoms with Gasteiger partial charge in [0.15, 0.2) is 0 Å². The van der Waals surface area contributed by atoms with Crippen molar-refractivity contribution in [2.24, 2.45) is 0 Å². The largest absolute Gasteiger partial charge is 0.521 e. The maximum absolute atomic E-state index is 10.8. The molecule has 16 heavy (non-hydrogen) atoms. The van der Waals surface area contributed by atoms with Crippen molar-refractivity contribution in [1.29, 1.82) is 0 Å². The smallest absolute Gasteiger partial charge is 0.396 e. The van der Waals surface area contributed by atoms with Gasteiger partial charge in [-0.05, 0) is 23.8 Å². The summed E-state index contributed by atoms with van der Waals surface area (Å²) in [6.45, 7) is -0.169. The summed E-state index contributed by atoms with van der Waals surface area (Å²) in [4.78, 5) is 26.3. The monoisotopic (exact) mass is 275 g/mol. The van der Waals surface area contributed by atoms with Gasteiger partial charge >= 0.3 is 15.6 Å². The van der Waals surface area contributed by atoms with Crippen molar-refractivity contribution in [3.8, 4) is 0 Å². The summed E-state index contributed by atoms with van der Waals surface area (Å²) < 4.78 is 21.5. The van der Waals surface area contributed by atoms with Gasteiger partial charge in [-0.3, -0.25) is 4.57 Å². The Labute approximate surface area is 94.2 Å². The van der Waals surface area contributed by atoms with E-state index < -0.39 is 27.1 Å². The Balaban J connectivity index is 4.06. The first-order valence-corrected chi connectivity index (χ1v) is 7.74. The van der Waals surface area contributed by atoms with Crippen molar-refractivity contribution in [3.05, 3.63) is 0 Å². The van der Waals surface area contributed by atoms with E-state index in [0.717, 1.165) is 0 Å². The topological polar surface area (TPSA) is 135 Å². The molecule has 0 heterocycles. The molecule has 3 unspecified atom stereocenters. The van der Waals surface area contributed by atoms with Crippen molar-refractivity contribution < 1.29 is 34.0 Å². The third kappa shape index (κ3) is 6.66. The van der Waals surface area contributed by atoms with Gasteiger partial charge in [0, 0.05) is 13.0 Å². The average Bonchev–Trinajstić information content (AvgIpc) is 2.10. The van der Waals surface area contributed by atoms with E-state index in [4.69, 9.17) is 19.8 Å². The minimum atomic E-state index is -4.57. The van der Waals surface area contributed by atoms with Gasteiger partial charge in [-0.15, -0.1) is 0 Å². The van der Waals surface area contributed by atoms with Crippen molar-refractivity contribution >= 4 is 15.6 Å². The van der Waals surface area contributed by atoms with Crippen LogP contribution in [0.2, 0.25) is 0 Å². The molecule has 0 bridgehead atoms. The summed E-state index contributed by atoms with van der Waals surface area (Å²) in [5.41, 5.74) is 0. The Kier molecular flexibility index (Phi) is 7.52. The van der Waals surface area contributed by atoms with Gasteiger partial charge in [-0.25, -0.2) is 0 Å². The van der Waals surface area contributed by atoms with Gasteiger partial charge in [-0.2, -0.15) is 4.89 Å². The van der Waals surface area contributed by atoms with Crippen LogP contribution in [-0.2, 0) is 9.13 Å². The summed E-state index contributed by atoms with van der Waals surface area (Å²) in [6, 6.07) is 0. The highest BCUT2D eigenvalue weighted by atomic mass is 31.2. The first-order valence-electron chi connectivity index (χ1n) is 4.78. The van der Waals surface area contributed by atoms with Crippen LogP contribution in [0.5, 0.6) is 0 Å². The van der Waals surface area contributed by atoms with E-state index in [1.807, 2.05) is 0 Å². The third-order valence-corrected chi connectivity index (χ3v) is 5.40. The van der Waals surface area contributed by atoms with Crippen LogP contribution in [0.3, 0.4) is 0 Å². The van der Waals surface area contributed by atoms with Crippen LogP contribution in [-0.4, -0.2) is 43.0 Å². The maximum atomic E-state index is 10.8. The lowest BCUT2D eigenvalue weighted by atomic mass is 10.1. The highest BCUT2D eigenvalue weighted by Crippen LogP contribution is 2.53. The first-order chi connectivity index (χ1) is 7.29. The zero-order valence-corrected chi connectivity index (χ0v) is 10.4. The molecule has 0 aliphatic heterocycles. The zero-order valence-electron chi connectivity index (χ0n) is 8.64. The van der Waals surface area contributed by atoms with Crippen LogP contribution in [0.25, 0.3) is 0 Å². The van der Waals surface area contributed by atoms with E-state index >= 15 is 0 Å². The summed E-state index contributed by atoms with van der Waals surface area (Å²) >= 11 is 0. The molecule has 0 saturated heterocycles. The molecule has 0 aliphatic rings. The Hall–Kier alpha value is 0.130. The van der Waals surface area contributed by atoms with Gasteiger partial charge in [0.05, 0.1) is 6.10 Å². The molecular formula is C7H17O7P2+. The zero-order chi connectivity index (χ0) is 12.8. The van der Waals surface area contributed by atoms with Crippen LogP contribution in [0.1, 0.15) is 25.7 Å². The molecule has 3 atom stereocenters. The lowest BCUT2D eigenvalue weighted by Crippen LogP contribution is -2.10. The molecule has 5 N–H and O–H groups in total. The fourth-order valence-corrected chi connectivity index (χ4v) is 3.19. The summed E-state index contributed by atoms with van der Waals surface area (Å²) in [5.74, 6) is 0. The Bertz CT molecular complexity index is 263. The Morgan fingerprint density at radius 3 is 2.12 bits per heavy atom.